The molecule has 2 atom stereocenters. The fourth-order valence-corrected chi connectivity index (χ4v) is 2.83. The van der Waals surface area contributed by atoms with Crippen LogP contribution in [0.5, 0.6) is 0 Å². The van der Waals surface area contributed by atoms with E-state index in [-0.39, 0.29) is 0 Å². The van der Waals surface area contributed by atoms with Crippen LogP contribution in [-0.2, 0) is 19.7 Å². The summed E-state index contributed by atoms with van der Waals surface area (Å²) >= 11 is 0. The molecule has 0 saturated carbocycles. The van der Waals surface area contributed by atoms with E-state index < -0.39 is 19.7 Å². The number of nitrogens with two attached hydrogens (primary N) is 2. The Balaban J connectivity index is 3.60. The number of hydrogen-bond donors (Lipinski definition) is 2. The lowest BCUT2D eigenvalue weighted by atomic mass is 10.8. The van der Waals surface area contributed by atoms with Crippen LogP contribution in [0, 0.1) is 0 Å². The van der Waals surface area contributed by atoms with Crippen LogP contribution in [0.3, 0.4) is 0 Å². The van der Waals surface area contributed by atoms with Gasteiger partial charge in [-0.3, -0.25) is 0 Å². The normalized spacial score (nSPS) is 16.6. The van der Waals surface area contributed by atoms with Gasteiger partial charge in [-0.2, -0.15) is 0 Å². The van der Waals surface area contributed by atoms with E-state index in [0.29, 0.717) is 24.6 Å². The van der Waals surface area contributed by atoms with Crippen molar-refractivity contribution in [1.29, 1.82) is 0 Å². The highest BCUT2D eigenvalue weighted by Crippen LogP contribution is 1.89. The highest BCUT2D eigenvalue weighted by atomic mass is 33.1. The standard InChI is InChI=1S/C4H12N2O2S2/c5-1-3-9(7)10(8)4-2-6/h1-6H2. The van der Waals surface area contributed by atoms with Crippen molar-refractivity contribution in [3.63, 3.8) is 0 Å². The van der Waals surface area contributed by atoms with Crippen molar-refractivity contribution in [3.05, 3.63) is 0 Å². The predicted molar refractivity (Wildman–Crippen MR) is 44.1 cm³/mol. The van der Waals surface area contributed by atoms with Crippen LogP contribution < -0.4 is 11.5 Å². The molecule has 0 radical (unpaired) electrons. The van der Waals surface area contributed by atoms with Gasteiger partial charge in [-0.05, 0) is 0 Å². The third-order valence-electron chi connectivity index (χ3n) is 0.776. The van der Waals surface area contributed by atoms with E-state index in [1.807, 2.05) is 0 Å². The van der Waals surface area contributed by atoms with Crippen molar-refractivity contribution >= 4 is 19.7 Å². The van der Waals surface area contributed by atoms with E-state index in [1.54, 1.807) is 0 Å². The molecule has 2 unspecified atom stereocenters. The molecule has 0 aromatic carbocycles. The molecule has 0 saturated heterocycles. The Morgan fingerprint density at radius 3 is 1.40 bits per heavy atom. The van der Waals surface area contributed by atoms with E-state index in [2.05, 4.69) is 0 Å². The summed E-state index contributed by atoms with van der Waals surface area (Å²) in [5, 5.41) is 0. The van der Waals surface area contributed by atoms with Gasteiger partial charge in [0.15, 0.2) is 0 Å². The maximum atomic E-state index is 10.8. The lowest BCUT2D eigenvalue weighted by Gasteiger charge is -1.96. The molecule has 4 nitrogen and oxygen atoms in total. The van der Waals surface area contributed by atoms with Gasteiger partial charge in [0, 0.05) is 24.6 Å². The monoisotopic (exact) mass is 184 g/mol. The Morgan fingerprint density at radius 1 is 0.900 bits per heavy atom. The first-order valence-corrected chi connectivity index (χ1v) is 6.05. The first-order chi connectivity index (χ1) is 4.72. The Hall–Kier alpha value is 0.220. The van der Waals surface area contributed by atoms with Crippen LogP contribution in [0.2, 0.25) is 0 Å². The second-order valence-corrected chi connectivity index (χ2v) is 5.86. The smallest absolute Gasteiger partial charge is 0.112 e. The summed E-state index contributed by atoms with van der Waals surface area (Å²) in [6, 6.07) is 0. The van der Waals surface area contributed by atoms with E-state index in [4.69, 9.17) is 11.5 Å². The van der Waals surface area contributed by atoms with Gasteiger partial charge in [0.05, 0.1) is 0 Å². The first kappa shape index (κ1) is 10.2. The molecule has 0 bridgehead atoms. The van der Waals surface area contributed by atoms with Gasteiger partial charge in [-0.15, -0.1) is 0 Å². The zero-order chi connectivity index (χ0) is 7.98. The van der Waals surface area contributed by atoms with Crippen LogP contribution in [0.4, 0.5) is 0 Å². The van der Waals surface area contributed by atoms with Crippen molar-refractivity contribution in [2.75, 3.05) is 24.6 Å². The van der Waals surface area contributed by atoms with Crippen molar-refractivity contribution in [2.45, 2.75) is 0 Å². The molecule has 6 heteroatoms. The second kappa shape index (κ2) is 5.96. The predicted octanol–water partition coefficient (Wildman–Crippen LogP) is -1.68. The molecule has 0 aliphatic rings. The lowest BCUT2D eigenvalue weighted by Crippen LogP contribution is -2.19. The van der Waals surface area contributed by atoms with Crippen molar-refractivity contribution < 1.29 is 8.42 Å². The summed E-state index contributed by atoms with van der Waals surface area (Å²) in [6.45, 7) is 0.617. The van der Waals surface area contributed by atoms with Gasteiger partial charge in [0.2, 0.25) is 0 Å². The van der Waals surface area contributed by atoms with E-state index >= 15 is 0 Å². The molecule has 0 amide bonds. The third-order valence-corrected chi connectivity index (χ3v) is 4.57. The van der Waals surface area contributed by atoms with E-state index in [9.17, 15) is 8.42 Å². The topological polar surface area (TPSA) is 86.2 Å². The fourth-order valence-electron chi connectivity index (χ4n) is 0.378. The Morgan fingerprint density at radius 2 is 1.20 bits per heavy atom. The molecule has 0 spiro atoms. The van der Waals surface area contributed by atoms with Crippen LogP contribution in [-0.4, -0.2) is 33.0 Å². The molecular formula is C4H12N2O2S2. The maximum absolute atomic E-state index is 10.8. The van der Waals surface area contributed by atoms with Crippen LogP contribution in [0.15, 0.2) is 0 Å². The van der Waals surface area contributed by atoms with Crippen molar-refractivity contribution in [3.8, 4) is 0 Å². The minimum atomic E-state index is -1.30. The average molecular weight is 184 g/mol. The van der Waals surface area contributed by atoms with Gasteiger partial charge >= 0.3 is 0 Å². The molecule has 0 aliphatic carbocycles. The lowest BCUT2D eigenvalue weighted by molar-refractivity contribution is 0.676. The van der Waals surface area contributed by atoms with Gasteiger partial charge in [0.25, 0.3) is 0 Å². The van der Waals surface area contributed by atoms with E-state index in [0.717, 1.165) is 0 Å². The number of rotatable bonds is 5. The molecule has 0 aromatic heterocycles. The first-order valence-electron chi connectivity index (χ1n) is 2.89. The summed E-state index contributed by atoms with van der Waals surface area (Å²) < 4.78 is 21.6. The maximum Gasteiger partial charge on any atom is 0.112 e. The Bertz CT molecular complexity index is 123. The molecule has 0 aromatic rings. The van der Waals surface area contributed by atoms with Crippen LogP contribution >= 0.6 is 0 Å². The van der Waals surface area contributed by atoms with Gasteiger partial charge in [-0.1, -0.05) is 0 Å². The zero-order valence-electron chi connectivity index (χ0n) is 5.62. The molecule has 62 valence electrons. The highest BCUT2D eigenvalue weighted by Gasteiger charge is 2.06. The Kier molecular flexibility index (Phi) is 6.10. The largest absolute Gasteiger partial charge is 0.330 e. The molecule has 10 heavy (non-hydrogen) atoms. The van der Waals surface area contributed by atoms with Crippen molar-refractivity contribution in [1.82, 2.24) is 0 Å². The Labute approximate surface area is 64.7 Å². The summed E-state index contributed by atoms with van der Waals surface area (Å²) in [6.07, 6.45) is 0. The summed E-state index contributed by atoms with van der Waals surface area (Å²) in [5.41, 5.74) is 10.2. The van der Waals surface area contributed by atoms with Gasteiger partial charge in [-0.25, -0.2) is 8.42 Å². The SMILES string of the molecule is NCCS(=O)S(=O)CCN. The zero-order valence-corrected chi connectivity index (χ0v) is 7.25. The molecular weight excluding hydrogens is 172 g/mol. The molecule has 0 heterocycles. The minimum absolute atomic E-state index is 0.298. The summed E-state index contributed by atoms with van der Waals surface area (Å²) in [4.78, 5) is 0. The highest BCUT2D eigenvalue weighted by molar-refractivity contribution is 8.61. The molecule has 4 N–H and O–H groups in total. The average Bonchev–Trinajstić information content (AvgIpc) is 1.89. The molecule has 0 rings (SSSR count). The van der Waals surface area contributed by atoms with E-state index in [1.165, 1.54) is 0 Å². The quantitative estimate of drug-likeness (QED) is 0.499. The van der Waals surface area contributed by atoms with Gasteiger partial charge < -0.3 is 11.5 Å². The second-order valence-electron chi connectivity index (χ2n) is 1.59. The van der Waals surface area contributed by atoms with Gasteiger partial charge in [0.1, 0.15) is 19.7 Å². The molecule has 0 fully saturated rings. The van der Waals surface area contributed by atoms with Crippen molar-refractivity contribution in [2.24, 2.45) is 11.5 Å². The summed E-state index contributed by atoms with van der Waals surface area (Å²) in [7, 11) is -2.59. The van der Waals surface area contributed by atoms with Crippen LogP contribution in [0.1, 0.15) is 0 Å². The minimum Gasteiger partial charge on any atom is -0.330 e. The number of hydrogen-bond acceptors (Lipinski definition) is 4. The third kappa shape index (κ3) is 4.10. The fraction of sp³-hybridized carbons (Fsp3) is 1.00. The molecule has 0 aliphatic heterocycles. The van der Waals surface area contributed by atoms with Crippen LogP contribution in [0.25, 0.3) is 0 Å². The summed E-state index contributed by atoms with van der Waals surface area (Å²) in [5.74, 6) is 0.596.